The van der Waals surface area contributed by atoms with Gasteiger partial charge >= 0.3 is 6.18 Å². The molecule has 1 N–H and O–H groups in total. The maximum atomic E-state index is 13.9. The average Bonchev–Trinajstić information content (AvgIpc) is 3.42. The summed E-state index contributed by atoms with van der Waals surface area (Å²) in [6.07, 6.45) is 0.806. The largest absolute Gasteiger partial charge is 0.405 e. The Bertz CT molecular complexity index is 1620. The second-order valence-electron chi connectivity index (χ2n) is 13.6. The summed E-state index contributed by atoms with van der Waals surface area (Å²) in [6, 6.07) is 21.5. The Morgan fingerprint density at radius 1 is 0.939 bits per heavy atom. The Morgan fingerprint density at radius 2 is 1.65 bits per heavy atom. The maximum Gasteiger partial charge on any atom is 0.405 e. The molecule has 11 heteroatoms. The first-order chi connectivity index (χ1) is 23.7. The number of hydrogen-bond donors (Lipinski definition) is 1. The van der Waals surface area contributed by atoms with Crippen molar-refractivity contribution in [1.82, 2.24) is 15.1 Å². The molecule has 2 saturated heterocycles. The van der Waals surface area contributed by atoms with E-state index in [-0.39, 0.29) is 12.0 Å². The Hall–Kier alpha value is -3.54. The molecule has 1 atom stereocenters. The van der Waals surface area contributed by atoms with Crippen LogP contribution in [0.3, 0.4) is 0 Å². The van der Waals surface area contributed by atoms with Gasteiger partial charge in [-0.05, 0) is 79.6 Å². The SMILES string of the molecule is O=C1c2cc(N3CCN(CCCCC4(C(=O)NCC(F)(F)F)c5ccccc5Sc5ccccc54)CC3)ccc2CN1CC1CCCCO1. The van der Waals surface area contributed by atoms with E-state index >= 15 is 0 Å². The summed E-state index contributed by atoms with van der Waals surface area (Å²) in [6.45, 7) is 4.98. The minimum absolute atomic E-state index is 0.0938. The molecule has 0 bridgehead atoms. The highest BCUT2D eigenvalue weighted by molar-refractivity contribution is 7.99. The predicted molar refractivity (Wildman–Crippen MR) is 184 cm³/mol. The van der Waals surface area contributed by atoms with E-state index in [9.17, 15) is 22.8 Å². The van der Waals surface area contributed by atoms with Crippen molar-refractivity contribution in [3.8, 4) is 0 Å². The molecule has 7 rings (SSSR count). The molecule has 0 radical (unpaired) electrons. The van der Waals surface area contributed by atoms with Crippen molar-refractivity contribution < 1.29 is 27.5 Å². The van der Waals surface area contributed by atoms with E-state index in [1.54, 1.807) is 11.8 Å². The molecule has 4 heterocycles. The Morgan fingerprint density at radius 3 is 2.33 bits per heavy atom. The summed E-state index contributed by atoms with van der Waals surface area (Å²) in [7, 11) is 0. The molecule has 2 fully saturated rings. The van der Waals surface area contributed by atoms with Crippen LogP contribution in [0.5, 0.6) is 0 Å². The molecule has 3 aromatic rings. The van der Waals surface area contributed by atoms with Crippen molar-refractivity contribution in [2.75, 3.05) is 57.3 Å². The number of piperazine rings is 1. The van der Waals surface area contributed by atoms with E-state index in [2.05, 4.69) is 33.3 Å². The molecule has 260 valence electrons. The first kappa shape index (κ1) is 33.9. The second-order valence-corrected chi connectivity index (χ2v) is 14.7. The molecule has 0 saturated carbocycles. The summed E-state index contributed by atoms with van der Waals surface area (Å²) in [5.74, 6) is -0.506. The lowest BCUT2D eigenvalue weighted by Crippen LogP contribution is -2.49. The fraction of sp³-hybridized carbons (Fsp3) is 0.474. The number of unbranched alkanes of at least 4 members (excludes halogenated alkanes) is 1. The molecule has 4 aliphatic rings. The van der Waals surface area contributed by atoms with E-state index in [1.807, 2.05) is 53.4 Å². The standard InChI is InChI=1S/C38H43F3N4O3S/c39-38(40,41)26-42-36(47)37(31-10-1-3-12-33(31)49-34-13-4-2-11-32(34)37)16-6-7-17-43-18-20-44(21-19-43)28-15-14-27-24-45(35(46)30(27)23-28)25-29-9-5-8-22-48-29/h1-4,10-15,23,29H,5-9,16-22,24-26H2,(H,42,47). The number of fused-ring (bicyclic) bond motifs is 3. The van der Waals surface area contributed by atoms with Crippen LogP contribution >= 0.6 is 11.8 Å². The number of alkyl halides is 3. The predicted octanol–water partition coefficient (Wildman–Crippen LogP) is 6.63. The van der Waals surface area contributed by atoms with Gasteiger partial charge in [0.05, 0.1) is 6.10 Å². The van der Waals surface area contributed by atoms with Crippen molar-refractivity contribution in [3.05, 3.63) is 89.0 Å². The van der Waals surface area contributed by atoms with Gasteiger partial charge in [0.1, 0.15) is 12.0 Å². The monoisotopic (exact) mass is 692 g/mol. The number of nitrogens with zero attached hydrogens (tertiary/aromatic N) is 3. The Balaban J connectivity index is 0.967. The third kappa shape index (κ3) is 7.21. The zero-order valence-electron chi connectivity index (χ0n) is 27.6. The van der Waals surface area contributed by atoms with Crippen LogP contribution in [-0.2, 0) is 21.5 Å². The zero-order valence-corrected chi connectivity index (χ0v) is 28.5. The van der Waals surface area contributed by atoms with Crippen LogP contribution in [0.1, 0.15) is 65.6 Å². The number of rotatable bonds is 10. The normalized spacial score (nSPS) is 20.5. The van der Waals surface area contributed by atoms with Crippen LogP contribution in [0.4, 0.5) is 18.9 Å². The van der Waals surface area contributed by atoms with E-state index in [1.165, 1.54) is 0 Å². The van der Waals surface area contributed by atoms with E-state index in [0.717, 1.165) is 103 Å². The van der Waals surface area contributed by atoms with Gasteiger partial charge in [0.25, 0.3) is 5.91 Å². The van der Waals surface area contributed by atoms with E-state index in [0.29, 0.717) is 25.9 Å². The van der Waals surface area contributed by atoms with Crippen LogP contribution in [-0.4, -0.2) is 86.3 Å². The highest BCUT2D eigenvalue weighted by atomic mass is 32.2. The van der Waals surface area contributed by atoms with Crippen LogP contribution in [0.15, 0.2) is 76.5 Å². The number of carbonyl (C=O) groups is 2. The van der Waals surface area contributed by atoms with Crippen molar-refractivity contribution >= 4 is 29.3 Å². The molecule has 7 nitrogen and oxygen atoms in total. The van der Waals surface area contributed by atoms with Gasteiger partial charge in [-0.1, -0.05) is 60.6 Å². The third-order valence-corrected chi connectivity index (χ3v) is 11.6. The fourth-order valence-electron chi connectivity index (χ4n) is 7.88. The fourth-order valence-corrected chi connectivity index (χ4v) is 9.12. The van der Waals surface area contributed by atoms with E-state index < -0.39 is 24.0 Å². The van der Waals surface area contributed by atoms with Crippen molar-refractivity contribution in [2.24, 2.45) is 0 Å². The van der Waals surface area contributed by atoms with E-state index in [4.69, 9.17) is 4.74 Å². The van der Waals surface area contributed by atoms with Gasteiger partial charge in [-0.3, -0.25) is 14.5 Å². The number of ether oxygens (including phenoxy) is 1. The van der Waals surface area contributed by atoms with Gasteiger partial charge in [-0.15, -0.1) is 0 Å². The van der Waals surface area contributed by atoms with Gasteiger partial charge in [0.2, 0.25) is 5.91 Å². The van der Waals surface area contributed by atoms with Crippen molar-refractivity contribution in [1.29, 1.82) is 0 Å². The molecule has 1 unspecified atom stereocenters. The molecule has 2 amide bonds. The second kappa shape index (κ2) is 14.4. The lowest BCUT2D eigenvalue weighted by Gasteiger charge is -2.40. The molecule has 4 aliphatic heterocycles. The van der Waals surface area contributed by atoms with Gasteiger partial charge in [-0.25, -0.2) is 0 Å². The zero-order chi connectivity index (χ0) is 34.0. The number of halogens is 3. The number of benzene rings is 3. The van der Waals surface area contributed by atoms with Crippen LogP contribution in [0.2, 0.25) is 0 Å². The lowest BCUT2D eigenvalue weighted by molar-refractivity contribution is -0.141. The minimum Gasteiger partial charge on any atom is -0.376 e. The number of hydrogen-bond acceptors (Lipinski definition) is 6. The summed E-state index contributed by atoms with van der Waals surface area (Å²) < 4.78 is 45.7. The molecule has 0 aromatic heterocycles. The van der Waals surface area contributed by atoms with Crippen molar-refractivity contribution in [2.45, 2.75) is 72.6 Å². The maximum absolute atomic E-state index is 13.9. The number of nitrogens with one attached hydrogen (secondary N) is 1. The van der Waals surface area contributed by atoms with Crippen molar-refractivity contribution in [3.63, 3.8) is 0 Å². The molecular weight excluding hydrogens is 650 g/mol. The molecule has 0 aliphatic carbocycles. The first-order valence-corrected chi connectivity index (χ1v) is 18.3. The van der Waals surface area contributed by atoms with Gasteiger partial charge in [-0.2, -0.15) is 13.2 Å². The molecular formula is C38H43F3N4O3S. The summed E-state index contributed by atoms with van der Waals surface area (Å²) in [4.78, 5) is 35.6. The van der Waals surface area contributed by atoms with Gasteiger partial charge < -0.3 is 19.9 Å². The summed E-state index contributed by atoms with van der Waals surface area (Å²) in [5.41, 5.74) is 3.28. The smallest absolute Gasteiger partial charge is 0.376 e. The highest BCUT2D eigenvalue weighted by Crippen LogP contribution is 2.51. The quantitative estimate of drug-likeness (QED) is 0.241. The average molecular weight is 693 g/mol. The van der Waals surface area contributed by atoms with Crippen LogP contribution < -0.4 is 10.2 Å². The molecule has 3 aromatic carbocycles. The minimum atomic E-state index is -4.50. The topological polar surface area (TPSA) is 65.1 Å². The number of carbonyl (C=O) groups excluding carboxylic acids is 2. The lowest BCUT2D eigenvalue weighted by atomic mass is 9.69. The van der Waals surface area contributed by atoms with Gasteiger partial charge in [0, 0.05) is 66.9 Å². The highest BCUT2D eigenvalue weighted by Gasteiger charge is 2.47. The van der Waals surface area contributed by atoms with Crippen LogP contribution in [0.25, 0.3) is 0 Å². The summed E-state index contributed by atoms with van der Waals surface area (Å²) >= 11 is 1.56. The Labute approximate surface area is 290 Å². The Kier molecular flexibility index (Phi) is 9.95. The third-order valence-electron chi connectivity index (χ3n) is 10.4. The van der Waals surface area contributed by atoms with Gasteiger partial charge in [0.15, 0.2) is 0 Å². The number of amides is 2. The van der Waals surface area contributed by atoms with Crippen LogP contribution in [0, 0.1) is 0 Å². The molecule has 49 heavy (non-hydrogen) atoms. The first-order valence-electron chi connectivity index (χ1n) is 17.4. The number of anilines is 1. The summed E-state index contributed by atoms with van der Waals surface area (Å²) in [5, 5.41) is 2.25. The molecule has 0 spiro atoms.